The molecule has 1 aromatic rings. The van der Waals surface area contributed by atoms with Gasteiger partial charge in [0.05, 0.1) is 5.56 Å². The van der Waals surface area contributed by atoms with Crippen LogP contribution in [0.3, 0.4) is 0 Å². The van der Waals surface area contributed by atoms with E-state index < -0.39 is 0 Å². The summed E-state index contributed by atoms with van der Waals surface area (Å²) in [5.74, 6) is -0.437. The Balaban J connectivity index is 2.11. The molecule has 2 rings (SSSR count). The first-order valence-corrected chi connectivity index (χ1v) is 7.06. The van der Waals surface area contributed by atoms with Gasteiger partial charge in [-0.3, -0.25) is 4.79 Å². The van der Waals surface area contributed by atoms with Crippen molar-refractivity contribution in [2.45, 2.75) is 25.3 Å². The zero-order valence-electron chi connectivity index (χ0n) is 10.2. The molecule has 0 aromatic heterocycles. The number of amides is 1. The van der Waals surface area contributed by atoms with E-state index in [0.717, 1.165) is 25.9 Å². The third-order valence-corrected chi connectivity index (χ3v) is 4.19. The van der Waals surface area contributed by atoms with Gasteiger partial charge in [0.25, 0.3) is 5.91 Å². The molecule has 1 fully saturated rings. The largest absolute Gasteiger partial charge is 0.347 e. The van der Waals surface area contributed by atoms with Crippen LogP contribution in [0.4, 0.5) is 4.39 Å². The summed E-state index contributed by atoms with van der Waals surface area (Å²) >= 11 is 1.99. The van der Waals surface area contributed by atoms with Gasteiger partial charge in [-0.25, -0.2) is 4.39 Å². The molecular formula is C13H16FIN2O. The third kappa shape index (κ3) is 3.20. The Labute approximate surface area is 120 Å². The van der Waals surface area contributed by atoms with Gasteiger partial charge in [0.1, 0.15) is 5.82 Å². The molecule has 1 aliphatic heterocycles. The van der Waals surface area contributed by atoms with Crippen LogP contribution in [0.25, 0.3) is 0 Å². The van der Waals surface area contributed by atoms with Gasteiger partial charge in [0, 0.05) is 9.11 Å². The van der Waals surface area contributed by atoms with Crippen molar-refractivity contribution in [3.63, 3.8) is 0 Å². The molecule has 0 aliphatic carbocycles. The summed E-state index contributed by atoms with van der Waals surface area (Å²) in [5.41, 5.74) is 0.372. The fraction of sp³-hybridized carbons (Fsp3) is 0.462. The second-order valence-electron chi connectivity index (χ2n) is 4.89. The first kappa shape index (κ1) is 13.7. The number of halogens is 2. The van der Waals surface area contributed by atoms with Crippen molar-refractivity contribution in [3.8, 4) is 0 Å². The standard InChI is InChI=1S/C13H16FIN2O/c1-13(4-6-16-7-5-13)17-12(18)10-3-2-9(14)8-11(10)15/h2-3,8,16H,4-7H2,1H3,(H,17,18). The molecule has 0 radical (unpaired) electrons. The predicted octanol–water partition coefficient (Wildman–Crippen LogP) is 2.30. The number of carbonyl (C=O) groups excluding carboxylic acids is 1. The number of nitrogens with one attached hydrogen (secondary N) is 2. The van der Waals surface area contributed by atoms with Crippen LogP contribution in [-0.2, 0) is 0 Å². The number of rotatable bonds is 2. The molecule has 0 unspecified atom stereocenters. The SMILES string of the molecule is CC1(NC(=O)c2ccc(F)cc2I)CCNCC1. The van der Waals surface area contributed by atoms with Crippen LogP contribution in [0, 0.1) is 9.39 Å². The van der Waals surface area contributed by atoms with Gasteiger partial charge >= 0.3 is 0 Å². The summed E-state index contributed by atoms with van der Waals surface area (Å²) in [6.45, 7) is 3.89. The molecule has 1 aliphatic rings. The summed E-state index contributed by atoms with van der Waals surface area (Å²) in [5, 5.41) is 6.34. The minimum atomic E-state index is -0.316. The highest BCUT2D eigenvalue weighted by molar-refractivity contribution is 14.1. The first-order valence-electron chi connectivity index (χ1n) is 5.98. The second-order valence-corrected chi connectivity index (χ2v) is 6.05. The Bertz CT molecular complexity index is 458. The number of carbonyl (C=O) groups is 1. The average Bonchev–Trinajstić information content (AvgIpc) is 2.28. The van der Waals surface area contributed by atoms with Crippen molar-refractivity contribution in [2.24, 2.45) is 0 Å². The highest BCUT2D eigenvalue weighted by Gasteiger charge is 2.29. The Morgan fingerprint density at radius 2 is 2.11 bits per heavy atom. The number of hydrogen-bond donors (Lipinski definition) is 2. The third-order valence-electron chi connectivity index (χ3n) is 3.30. The molecule has 1 saturated heterocycles. The van der Waals surface area contributed by atoms with E-state index in [0.29, 0.717) is 9.13 Å². The topological polar surface area (TPSA) is 41.1 Å². The van der Waals surface area contributed by atoms with E-state index in [1.807, 2.05) is 22.6 Å². The van der Waals surface area contributed by atoms with Crippen molar-refractivity contribution in [3.05, 3.63) is 33.1 Å². The first-order chi connectivity index (χ1) is 8.50. The Kier molecular flexibility index (Phi) is 4.21. The lowest BCUT2D eigenvalue weighted by Gasteiger charge is -2.35. The summed E-state index contributed by atoms with van der Waals surface area (Å²) in [4.78, 5) is 12.2. The minimum Gasteiger partial charge on any atom is -0.347 e. The molecule has 18 heavy (non-hydrogen) atoms. The van der Waals surface area contributed by atoms with Gasteiger partial charge in [0.15, 0.2) is 0 Å². The fourth-order valence-corrected chi connectivity index (χ4v) is 2.84. The predicted molar refractivity (Wildman–Crippen MR) is 77.1 cm³/mol. The lowest BCUT2D eigenvalue weighted by molar-refractivity contribution is 0.0886. The van der Waals surface area contributed by atoms with Crippen LogP contribution in [-0.4, -0.2) is 24.5 Å². The lowest BCUT2D eigenvalue weighted by Crippen LogP contribution is -2.52. The van der Waals surface area contributed by atoms with Crippen LogP contribution < -0.4 is 10.6 Å². The molecule has 0 spiro atoms. The normalized spacial score (nSPS) is 18.4. The quantitative estimate of drug-likeness (QED) is 0.793. The van der Waals surface area contributed by atoms with Gasteiger partial charge in [-0.2, -0.15) is 0 Å². The molecule has 2 N–H and O–H groups in total. The minimum absolute atomic E-state index is 0.121. The molecule has 0 bridgehead atoms. The molecule has 1 heterocycles. The maximum Gasteiger partial charge on any atom is 0.252 e. The number of hydrogen-bond acceptors (Lipinski definition) is 2. The van der Waals surface area contributed by atoms with E-state index in [2.05, 4.69) is 17.6 Å². The summed E-state index contributed by atoms with van der Waals surface area (Å²) in [7, 11) is 0. The zero-order valence-corrected chi connectivity index (χ0v) is 12.4. The van der Waals surface area contributed by atoms with Gasteiger partial charge in [-0.1, -0.05) is 0 Å². The van der Waals surface area contributed by atoms with Crippen molar-refractivity contribution >= 4 is 28.5 Å². The van der Waals surface area contributed by atoms with E-state index in [9.17, 15) is 9.18 Å². The van der Waals surface area contributed by atoms with E-state index >= 15 is 0 Å². The van der Waals surface area contributed by atoms with Crippen LogP contribution in [0.1, 0.15) is 30.1 Å². The maximum absolute atomic E-state index is 13.0. The summed E-state index contributed by atoms with van der Waals surface area (Å²) in [6, 6.07) is 4.24. The van der Waals surface area contributed by atoms with E-state index in [4.69, 9.17) is 0 Å². The van der Waals surface area contributed by atoms with Crippen LogP contribution >= 0.6 is 22.6 Å². The highest BCUT2D eigenvalue weighted by atomic mass is 127. The van der Waals surface area contributed by atoms with E-state index in [1.54, 1.807) is 0 Å². The van der Waals surface area contributed by atoms with Crippen molar-refractivity contribution < 1.29 is 9.18 Å². The smallest absolute Gasteiger partial charge is 0.252 e. The molecule has 5 heteroatoms. The summed E-state index contributed by atoms with van der Waals surface area (Å²) in [6.07, 6.45) is 1.83. The zero-order chi connectivity index (χ0) is 13.2. The summed E-state index contributed by atoms with van der Waals surface area (Å²) < 4.78 is 13.6. The molecule has 0 atom stereocenters. The van der Waals surface area contributed by atoms with Gasteiger partial charge < -0.3 is 10.6 Å². The van der Waals surface area contributed by atoms with E-state index in [-0.39, 0.29) is 17.3 Å². The molecule has 0 saturated carbocycles. The monoisotopic (exact) mass is 362 g/mol. The Hall–Kier alpha value is -0.690. The van der Waals surface area contributed by atoms with Gasteiger partial charge in [-0.15, -0.1) is 0 Å². The van der Waals surface area contributed by atoms with Crippen molar-refractivity contribution in [2.75, 3.05) is 13.1 Å². The van der Waals surface area contributed by atoms with Crippen LogP contribution in [0.15, 0.2) is 18.2 Å². The highest BCUT2D eigenvalue weighted by Crippen LogP contribution is 2.20. The molecule has 1 amide bonds. The molecule has 1 aromatic carbocycles. The van der Waals surface area contributed by atoms with Crippen molar-refractivity contribution in [1.29, 1.82) is 0 Å². The van der Waals surface area contributed by atoms with Crippen LogP contribution in [0.2, 0.25) is 0 Å². The second kappa shape index (κ2) is 5.52. The number of benzene rings is 1. The van der Waals surface area contributed by atoms with Crippen LogP contribution in [0.5, 0.6) is 0 Å². The van der Waals surface area contributed by atoms with Crippen molar-refractivity contribution in [1.82, 2.24) is 10.6 Å². The van der Waals surface area contributed by atoms with Gasteiger partial charge in [-0.05, 0) is 73.6 Å². The lowest BCUT2D eigenvalue weighted by atomic mass is 9.90. The fourth-order valence-electron chi connectivity index (χ4n) is 2.12. The molecule has 3 nitrogen and oxygen atoms in total. The van der Waals surface area contributed by atoms with E-state index in [1.165, 1.54) is 18.2 Å². The number of piperidine rings is 1. The average molecular weight is 362 g/mol. The Morgan fingerprint density at radius 1 is 1.44 bits per heavy atom. The molecular weight excluding hydrogens is 346 g/mol. The Morgan fingerprint density at radius 3 is 2.72 bits per heavy atom. The maximum atomic E-state index is 13.0. The molecule has 98 valence electrons. The van der Waals surface area contributed by atoms with Gasteiger partial charge in [0.2, 0.25) is 0 Å².